The summed E-state index contributed by atoms with van der Waals surface area (Å²) < 4.78 is 12.8. The molecule has 1 amide bonds. The molecule has 0 bridgehead atoms. The van der Waals surface area contributed by atoms with Gasteiger partial charge in [-0.3, -0.25) is 9.36 Å². The first-order valence-corrected chi connectivity index (χ1v) is 12.5. The van der Waals surface area contributed by atoms with Crippen LogP contribution in [0, 0.1) is 6.92 Å². The van der Waals surface area contributed by atoms with Crippen molar-refractivity contribution in [2.45, 2.75) is 18.6 Å². The highest BCUT2D eigenvalue weighted by atomic mass is 32.2. The fourth-order valence-corrected chi connectivity index (χ4v) is 4.95. The quantitative estimate of drug-likeness (QED) is 0.254. The molecule has 36 heavy (non-hydrogen) atoms. The van der Waals surface area contributed by atoms with Crippen molar-refractivity contribution in [2.24, 2.45) is 0 Å². The molecule has 0 unspecified atom stereocenters. The Kier molecular flexibility index (Phi) is 6.77. The number of fused-ring (bicyclic) bond motifs is 1. The molecule has 2 heterocycles. The van der Waals surface area contributed by atoms with Crippen LogP contribution in [0.2, 0.25) is 0 Å². The fourth-order valence-electron chi connectivity index (χ4n) is 4.06. The van der Waals surface area contributed by atoms with Crippen LogP contribution < -0.4 is 4.74 Å². The van der Waals surface area contributed by atoms with E-state index in [1.165, 1.54) is 11.8 Å². The number of benzene rings is 3. The van der Waals surface area contributed by atoms with Crippen LogP contribution in [0.4, 0.5) is 0 Å². The minimum absolute atomic E-state index is 0.0125. The molecule has 0 aliphatic heterocycles. The summed E-state index contributed by atoms with van der Waals surface area (Å²) in [4.78, 5) is 14.8. The molecule has 0 atom stereocenters. The Bertz CT molecular complexity index is 1510. The van der Waals surface area contributed by atoms with Crippen molar-refractivity contribution in [1.29, 1.82) is 0 Å². The van der Waals surface area contributed by atoms with Crippen LogP contribution in [0.15, 0.2) is 88.6 Å². The molecule has 0 aliphatic carbocycles. The smallest absolute Gasteiger partial charge is 0.233 e. The molecule has 5 aromatic rings. The Morgan fingerprint density at radius 1 is 1.03 bits per heavy atom. The lowest BCUT2D eigenvalue weighted by molar-refractivity contribution is -0.127. The predicted octanol–water partition coefficient (Wildman–Crippen LogP) is 5.75. The highest BCUT2D eigenvalue weighted by Gasteiger charge is 2.20. The van der Waals surface area contributed by atoms with Gasteiger partial charge in [-0.2, -0.15) is 0 Å². The molecule has 0 fully saturated rings. The largest absolute Gasteiger partial charge is 0.497 e. The Morgan fingerprint density at radius 2 is 1.81 bits per heavy atom. The number of aryl methyl sites for hydroxylation is 1. The summed E-state index contributed by atoms with van der Waals surface area (Å²) in [5.41, 5.74) is 2.86. The van der Waals surface area contributed by atoms with Gasteiger partial charge in [0, 0.05) is 19.3 Å². The van der Waals surface area contributed by atoms with E-state index < -0.39 is 0 Å². The number of methoxy groups -OCH3 is 1. The molecule has 182 valence electrons. The lowest BCUT2D eigenvalue weighted by Crippen LogP contribution is -2.27. The van der Waals surface area contributed by atoms with E-state index in [9.17, 15) is 4.79 Å². The number of ether oxygens (including phenoxy) is 1. The third-order valence-electron chi connectivity index (χ3n) is 6.03. The van der Waals surface area contributed by atoms with E-state index in [1.54, 1.807) is 18.3 Å². The minimum Gasteiger partial charge on any atom is -0.497 e. The van der Waals surface area contributed by atoms with Crippen molar-refractivity contribution in [3.63, 3.8) is 0 Å². The molecular formula is C28H26N4O3S. The van der Waals surface area contributed by atoms with Crippen LogP contribution in [0.1, 0.15) is 11.3 Å². The van der Waals surface area contributed by atoms with Crippen molar-refractivity contribution < 1.29 is 13.9 Å². The maximum atomic E-state index is 13.0. The first kappa shape index (κ1) is 23.7. The molecule has 7 nitrogen and oxygen atoms in total. The molecular weight excluding hydrogens is 472 g/mol. The van der Waals surface area contributed by atoms with Crippen LogP contribution in [0.5, 0.6) is 5.75 Å². The fraction of sp³-hybridized carbons (Fsp3) is 0.179. The van der Waals surface area contributed by atoms with Gasteiger partial charge in [0.05, 0.1) is 24.7 Å². The lowest BCUT2D eigenvalue weighted by atomic mass is 10.1. The molecule has 3 aromatic carbocycles. The summed E-state index contributed by atoms with van der Waals surface area (Å²) >= 11 is 1.37. The molecule has 0 N–H and O–H groups in total. The number of carbonyl (C=O) groups is 1. The van der Waals surface area contributed by atoms with E-state index in [1.807, 2.05) is 79.2 Å². The van der Waals surface area contributed by atoms with Crippen molar-refractivity contribution >= 4 is 28.4 Å². The maximum Gasteiger partial charge on any atom is 0.233 e. The van der Waals surface area contributed by atoms with Gasteiger partial charge < -0.3 is 14.1 Å². The topological polar surface area (TPSA) is 73.4 Å². The van der Waals surface area contributed by atoms with Crippen LogP contribution in [0.25, 0.3) is 27.8 Å². The Hall–Kier alpha value is -4.04. The summed E-state index contributed by atoms with van der Waals surface area (Å²) in [6, 6.07) is 24.0. The average Bonchev–Trinajstić information content (AvgIpc) is 3.52. The number of para-hydroxylation sites is 1. The third kappa shape index (κ3) is 4.85. The number of nitrogens with zero attached hydrogens (tertiary/aromatic N) is 4. The van der Waals surface area contributed by atoms with Crippen molar-refractivity contribution in [2.75, 3.05) is 19.9 Å². The molecule has 0 radical (unpaired) electrons. The van der Waals surface area contributed by atoms with Gasteiger partial charge >= 0.3 is 0 Å². The van der Waals surface area contributed by atoms with E-state index in [4.69, 9.17) is 9.15 Å². The average molecular weight is 499 g/mol. The number of aromatic nitrogens is 3. The van der Waals surface area contributed by atoms with Crippen molar-refractivity contribution in [3.8, 4) is 22.8 Å². The Morgan fingerprint density at radius 3 is 2.56 bits per heavy atom. The number of amides is 1. The summed E-state index contributed by atoms with van der Waals surface area (Å²) in [5, 5.41) is 11.7. The first-order chi connectivity index (χ1) is 17.5. The van der Waals surface area contributed by atoms with E-state index in [2.05, 4.69) is 22.3 Å². The van der Waals surface area contributed by atoms with Gasteiger partial charge in [-0.25, -0.2) is 0 Å². The van der Waals surface area contributed by atoms with Crippen LogP contribution in [-0.2, 0) is 11.3 Å². The number of rotatable bonds is 8. The SMILES string of the molecule is COc1ccc2cc(CN(C)C(=O)CSc3nnc(-c4ccoc4C)n3-c3ccccc3)ccc2c1. The summed E-state index contributed by atoms with van der Waals surface area (Å²) in [6.45, 7) is 2.42. The number of thioether (sulfide) groups is 1. The van der Waals surface area contributed by atoms with E-state index >= 15 is 0 Å². The summed E-state index contributed by atoms with van der Waals surface area (Å²) in [5.74, 6) is 2.54. The Labute approximate surface area is 213 Å². The van der Waals surface area contributed by atoms with Gasteiger partial charge in [0.1, 0.15) is 11.5 Å². The molecule has 0 saturated carbocycles. The van der Waals surface area contributed by atoms with Gasteiger partial charge in [-0.15, -0.1) is 10.2 Å². The number of hydrogen-bond acceptors (Lipinski definition) is 6. The molecule has 2 aromatic heterocycles. The predicted molar refractivity (Wildman–Crippen MR) is 141 cm³/mol. The second kappa shape index (κ2) is 10.3. The number of carbonyl (C=O) groups excluding carboxylic acids is 1. The summed E-state index contributed by atoms with van der Waals surface area (Å²) in [7, 11) is 3.49. The van der Waals surface area contributed by atoms with Crippen molar-refractivity contribution in [1.82, 2.24) is 19.7 Å². The van der Waals surface area contributed by atoms with E-state index in [0.717, 1.165) is 39.1 Å². The normalized spacial score (nSPS) is 11.1. The zero-order valence-corrected chi connectivity index (χ0v) is 21.2. The zero-order chi connectivity index (χ0) is 25.1. The highest BCUT2D eigenvalue weighted by molar-refractivity contribution is 7.99. The number of furan rings is 1. The van der Waals surface area contributed by atoms with Gasteiger partial charge in [0.25, 0.3) is 0 Å². The third-order valence-corrected chi connectivity index (χ3v) is 6.94. The van der Waals surface area contributed by atoms with Gasteiger partial charge in [0.15, 0.2) is 11.0 Å². The van der Waals surface area contributed by atoms with Crippen LogP contribution in [0.3, 0.4) is 0 Å². The summed E-state index contributed by atoms with van der Waals surface area (Å²) in [6.07, 6.45) is 1.64. The van der Waals surface area contributed by atoms with E-state index in [-0.39, 0.29) is 11.7 Å². The van der Waals surface area contributed by atoms with Gasteiger partial charge in [-0.05, 0) is 59.7 Å². The monoisotopic (exact) mass is 498 g/mol. The maximum absolute atomic E-state index is 13.0. The first-order valence-electron chi connectivity index (χ1n) is 11.5. The van der Waals surface area contributed by atoms with Gasteiger partial charge in [-0.1, -0.05) is 48.2 Å². The molecule has 0 spiro atoms. The van der Waals surface area contributed by atoms with Crippen LogP contribution in [-0.4, -0.2) is 45.5 Å². The molecule has 5 rings (SSSR count). The molecule has 0 aliphatic rings. The second-order valence-corrected chi connectivity index (χ2v) is 9.40. The van der Waals surface area contributed by atoms with Crippen LogP contribution >= 0.6 is 11.8 Å². The lowest BCUT2D eigenvalue weighted by Gasteiger charge is -2.18. The van der Waals surface area contributed by atoms with Gasteiger partial charge in [0.2, 0.25) is 5.91 Å². The van der Waals surface area contributed by atoms with Crippen molar-refractivity contribution in [3.05, 3.63) is 90.4 Å². The molecule has 8 heteroatoms. The highest BCUT2D eigenvalue weighted by Crippen LogP contribution is 2.30. The minimum atomic E-state index is 0.0125. The second-order valence-electron chi connectivity index (χ2n) is 8.45. The standard InChI is InChI=1S/C28H26N4O3S/c1-19-25(13-14-35-19)27-29-30-28(32(27)23-7-5-4-6-8-23)36-18-26(33)31(2)17-20-9-10-22-16-24(34-3)12-11-21(22)15-20/h4-16H,17-18H2,1-3H3. The van der Waals surface area contributed by atoms with E-state index in [0.29, 0.717) is 17.5 Å². The zero-order valence-electron chi connectivity index (χ0n) is 20.3. The Balaban J connectivity index is 1.31. The number of hydrogen-bond donors (Lipinski definition) is 0. The molecule has 0 saturated heterocycles.